The summed E-state index contributed by atoms with van der Waals surface area (Å²) in [7, 11) is 0. The van der Waals surface area contributed by atoms with E-state index < -0.39 is 0 Å². The number of carbonyl (C=O) groups is 1. The van der Waals surface area contributed by atoms with Gasteiger partial charge >= 0.3 is 0 Å². The van der Waals surface area contributed by atoms with Crippen LogP contribution >= 0.6 is 0 Å². The number of unbranched alkanes of at least 4 members (excludes halogenated alkanes) is 3. The van der Waals surface area contributed by atoms with Crippen molar-refractivity contribution in [1.29, 1.82) is 0 Å². The van der Waals surface area contributed by atoms with Crippen LogP contribution in [0.15, 0.2) is 43.0 Å². The molecule has 0 N–H and O–H groups in total. The van der Waals surface area contributed by atoms with Crippen LogP contribution in [0, 0.1) is 0 Å². The molecule has 0 atom stereocenters. The molecule has 0 aliphatic heterocycles. The minimum atomic E-state index is 0.733. The van der Waals surface area contributed by atoms with Crippen LogP contribution in [0.25, 0.3) is 0 Å². The van der Waals surface area contributed by atoms with Crippen molar-refractivity contribution in [2.45, 2.75) is 45.4 Å². The third kappa shape index (κ3) is 10.9. The van der Waals surface area contributed by atoms with Crippen molar-refractivity contribution in [3.05, 3.63) is 48.6 Å². The molecule has 0 aliphatic carbocycles. The summed E-state index contributed by atoms with van der Waals surface area (Å²) in [5.74, 6) is 0. The van der Waals surface area contributed by atoms with Crippen LogP contribution < -0.4 is 0 Å². The Morgan fingerprint density at radius 3 is 2.29 bits per heavy atom. The first-order valence-electron chi connectivity index (χ1n) is 6.43. The first kappa shape index (κ1) is 15.6. The number of aldehydes is 1. The summed E-state index contributed by atoms with van der Waals surface area (Å²) in [5, 5.41) is 0. The molecule has 1 nitrogen and oxygen atoms in total. The van der Waals surface area contributed by atoms with Crippen molar-refractivity contribution < 1.29 is 4.79 Å². The van der Waals surface area contributed by atoms with E-state index in [-0.39, 0.29) is 0 Å². The standard InChI is InChI=1S/C11H14.C5H10O/c1-2-3-5-8-11-9-6-4-7-10-11;1-2-3-4-5-6/h2,4,6-7,9-10H,1,3,5,8H2;5H,2-4H2,1H3. The second-order valence-electron chi connectivity index (χ2n) is 3.98. The lowest BCUT2D eigenvalue weighted by atomic mass is 10.1. The van der Waals surface area contributed by atoms with Crippen molar-refractivity contribution in [1.82, 2.24) is 0 Å². The molecule has 1 rings (SSSR count). The Kier molecular flexibility index (Phi) is 11.7. The van der Waals surface area contributed by atoms with Crippen LogP contribution in [0.5, 0.6) is 0 Å². The number of aryl methyl sites for hydroxylation is 1. The molecule has 0 saturated carbocycles. The minimum Gasteiger partial charge on any atom is -0.303 e. The summed E-state index contributed by atoms with van der Waals surface area (Å²) in [6.07, 6.45) is 9.35. The lowest BCUT2D eigenvalue weighted by Crippen LogP contribution is -1.82. The van der Waals surface area contributed by atoms with E-state index in [0.29, 0.717) is 0 Å². The van der Waals surface area contributed by atoms with Crippen LogP contribution in [-0.2, 0) is 11.2 Å². The SMILES string of the molecule is C=CCCCc1ccccc1.CCCCC=O. The predicted octanol–water partition coefficient (Wildman–Crippen LogP) is 4.57. The van der Waals surface area contributed by atoms with Crippen molar-refractivity contribution in [2.75, 3.05) is 0 Å². The lowest BCUT2D eigenvalue weighted by molar-refractivity contribution is -0.107. The van der Waals surface area contributed by atoms with Gasteiger partial charge in [-0.15, -0.1) is 6.58 Å². The molecule has 0 bridgehead atoms. The van der Waals surface area contributed by atoms with Crippen LogP contribution in [-0.4, -0.2) is 6.29 Å². The van der Waals surface area contributed by atoms with Gasteiger partial charge in [-0.1, -0.05) is 49.8 Å². The highest BCUT2D eigenvalue weighted by atomic mass is 16.1. The van der Waals surface area contributed by atoms with Crippen LogP contribution in [0.1, 0.15) is 44.6 Å². The molecule has 0 saturated heterocycles. The number of hydrogen-bond acceptors (Lipinski definition) is 1. The zero-order valence-electron chi connectivity index (χ0n) is 10.9. The lowest BCUT2D eigenvalue weighted by Gasteiger charge is -1.96. The Hall–Kier alpha value is -1.37. The number of carbonyl (C=O) groups excluding carboxylic acids is 1. The van der Waals surface area contributed by atoms with E-state index in [4.69, 9.17) is 0 Å². The second-order valence-corrected chi connectivity index (χ2v) is 3.98. The molecule has 1 aromatic rings. The van der Waals surface area contributed by atoms with E-state index in [9.17, 15) is 4.79 Å². The Morgan fingerprint density at radius 2 is 1.82 bits per heavy atom. The fourth-order valence-corrected chi connectivity index (χ4v) is 1.38. The number of hydrogen-bond donors (Lipinski definition) is 0. The summed E-state index contributed by atoms with van der Waals surface area (Å²) in [5.41, 5.74) is 1.43. The van der Waals surface area contributed by atoms with E-state index in [1.165, 1.54) is 18.4 Å². The quantitative estimate of drug-likeness (QED) is 0.382. The number of allylic oxidation sites excluding steroid dienone is 1. The van der Waals surface area contributed by atoms with Crippen molar-refractivity contribution in [2.24, 2.45) is 0 Å². The molecular formula is C16H24O. The van der Waals surface area contributed by atoms with Crippen molar-refractivity contribution in [3.63, 3.8) is 0 Å². The van der Waals surface area contributed by atoms with E-state index in [0.717, 1.165) is 32.0 Å². The summed E-state index contributed by atoms with van der Waals surface area (Å²) >= 11 is 0. The normalized spacial score (nSPS) is 9.00. The van der Waals surface area contributed by atoms with E-state index in [1.54, 1.807) is 0 Å². The van der Waals surface area contributed by atoms with E-state index >= 15 is 0 Å². The first-order chi connectivity index (χ1) is 8.35. The van der Waals surface area contributed by atoms with Gasteiger partial charge in [0, 0.05) is 6.42 Å². The van der Waals surface area contributed by atoms with Gasteiger partial charge in [0.05, 0.1) is 0 Å². The molecule has 0 spiro atoms. The molecule has 17 heavy (non-hydrogen) atoms. The van der Waals surface area contributed by atoms with E-state index in [1.807, 2.05) is 6.08 Å². The summed E-state index contributed by atoms with van der Waals surface area (Å²) in [4.78, 5) is 9.56. The van der Waals surface area contributed by atoms with Crippen molar-refractivity contribution in [3.8, 4) is 0 Å². The first-order valence-corrected chi connectivity index (χ1v) is 6.43. The van der Waals surface area contributed by atoms with Crippen LogP contribution in [0.4, 0.5) is 0 Å². The molecule has 94 valence electrons. The highest BCUT2D eigenvalue weighted by Crippen LogP contribution is 2.03. The van der Waals surface area contributed by atoms with Gasteiger partial charge in [-0.25, -0.2) is 0 Å². The number of rotatable bonds is 7. The predicted molar refractivity (Wildman–Crippen MR) is 75.2 cm³/mol. The van der Waals surface area contributed by atoms with Gasteiger partial charge in [0.1, 0.15) is 6.29 Å². The molecule has 1 aromatic carbocycles. The van der Waals surface area contributed by atoms with Gasteiger partial charge in [-0.3, -0.25) is 0 Å². The highest BCUT2D eigenvalue weighted by Gasteiger charge is 1.88. The Bertz CT molecular complexity index is 277. The van der Waals surface area contributed by atoms with Gasteiger partial charge in [0.25, 0.3) is 0 Å². The zero-order chi connectivity index (χ0) is 12.8. The van der Waals surface area contributed by atoms with Gasteiger partial charge in [-0.05, 0) is 31.2 Å². The molecule has 0 radical (unpaired) electrons. The fourth-order valence-electron chi connectivity index (χ4n) is 1.38. The third-order valence-electron chi connectivity index (χ3n) is 2.39. The summed E-state index contributed by atoms with van der Waals surface area (Å²) in [6.45, 7) is 5.76. The van der Waals surface area contributed by atoms with Crippen LogP contribution in [0.3, 0.4) is 0 Å². The molecule has 0 amide bonds. The maximum atomic E-state index is 9.56. The third-order valence-corrected chi connectivity index (χ3v) is 2.39. The molecule has 0 heterocycles. The smallest absolute Gasteiger partial charge is 0.119 e. The Morgan fingerprint density at radius 1 is 1.12 bits per heavy atom. The average molecular weight is 232 g/mol. The van der Waals surface area contributed by atoms with Crippen LogP contribution in [0.2, 0.25) is 0 Å². The molecule has 0 unspecified atom stereocenters. The van der Waals surface area contributed by atoms with Crippen molar-refractivity contribution >= 4 is 6.29 Å². The molecule has 1 heteroatoms. The van der Waals surface area contributed by atoms with Gasteiger partial charge in [0.15, 0.2) is 0 Å². The Balaban J connectivity index is 0.000000366. The minimum absolute atomic E-state index is 0.733. The molecule has 0 aliphatic rings. The summed E-state index contributed by atoms with van der Waals surface area (Å²) < 4.78 is 0. The maximum absolute atomic E-state index is 9.56. The van der Waals surface area contributed by atoms with Gasteiger partial charge in [-0.2, -0.15) is 0 Å². The topological polar surface area (TPSA) is 17.1 Å². The molecule has 0 aromatic heterocycles. The number of benzene rings is 1. The summed E-state index contributed by atoms with van der Waals surface area (Å²) in [6, 6.07) is 10.6. The van der Waals surface area contributed by atoms with Gasteiger partial charge in [0.2, 0.25) is 0 Å². The largest absolute Gasteiger partial charge is 0.303 e. The highest BCUT2D eigenvalue weighted by molar-refractivity contribution is 5.48. The zero-order valence-corrected chi connectivity index (χ0v) is 10.9. The van der Waals surface area contributed by atoms with Gasteiger partial charge < -0.3 is 4.79 Å². The molecule has 0 fully saturated rings. The average Bonchev–Trinajstić information content (AvgIpc) is 2.39. The fraction of sp³-hybridized carbons (Fsp3) is 0.438. The monoisotopic (exact) mass is 232 g/mol. The maximum Gasteiger partial charge on any atom is 0.119 e. The van der Waals surface area contributed by atoms with E-state index in [2.05, 4.69) is 43.8 Å². The molecular weight excluding hydrogens is 208 g/mol. The Labute approximate surface area is 106 Å². The second kappa shape index (κ2) is 12.7.